The summed E-state index contributed by atoms with van der Waals surface area (Å²) in [4.78, 5) is 38.8. The zero-order valence-corrected chi connectivity index (χ0v) is 17.1. The molecule has 2 N–H and O–H groups in total. The molecule has 2 heterocycles. The number of benzene rings is 2. The van der Waals surface area contributed by atoms with Crippen LogP contribution < -0.4 is 5.32 Å². The van der Waals surface area contributed by atoms with Crippen LogP contribution in [0.4, 0.5) is 4.79 Å². The van der Waals surface area contributed by atoms with Crippen molar-refractivity contribution in [3.63, 3.8) is 0 Å². The predicted molar refractivity (Wildman–Crippen MR) is 115 cm³/mol. The van der Waals surface area contributed by atoms with E-state index in [9.17, 15) is 19.5 Å². The van der Waals surface area contributed by atoms with E-state index in [1.807, 2.05) is 48.7 Å². The number of aromatic hydroxyl groups is 1. The monoisotopic (exact) mass is 415 g/mol. The quantitative estimate of drug-likeness (QED) is 0.504. The Labute approximate surface area is 179 Å². The largest absolute Gasteiger partial charge is 0.506 e. The van der Waals surface area contributed by atoms with Crippen molar-refractivity contribution in [1.82, 2.24) is 14.8 Å². The van der Waals surface area contributed by atoms with Crippen LogP contribution in [0.2, 0.25) is 0 Å². The molecular weight excluding hydrogens is 394 g/mol. The van der Waals surface area contributed by atoms with Gasteiger partial charge in [0.25, 0.3) is 11.8 Å². The number of urea groups is 1. The smallest absolute Gasteiger partial charge is 0.331 e. The van der Waals surface area contributed by atoms with Crippen LogP contribution in [0.1, 0.15) is 22.5 Å². The highest BCUT2D eigenvalue weighted by Gasteiger charge is 2.36. The van der Waals surface area contributed by atoms with Gasteiger partial charge in [0, 0.05) is 11.4 Å². The third-order valence-corrected chi connectivity index (χ3v) is 5.26. The SMILES string of the molecule is Cc1cc(C=C2C(=O)NC(=O)N(Cc3ccccc3)C2=O)c(C)n1-c1ccccc1O. The number of aryl methyl sites for hydroxylation is 1. The maximum absolute atomic E-state index is 13.0. The maximum atomic E-state index is 13.0. The Morgan fingerprint density at radius 3 is 2.35 bits per heavy atom. The summed E-state index contributed by atoms with van der Waals surface area (Å²) in [6.45, 7) is 3.77. The van der Waals surface area contributed by atoms with Crippen molar-refractivity contribution in [1.29, 1.82) is 0 Å². The fourth-order valence-electron chi connectivity index (χ4n) is 3.72. The van der Waals surface area contributed by atoms with E-state index in [4.69, 9.17) is 0 Å². The topological polar surface area (TPSA) is 91.6 Å². The number of nitrogens with one attached hydrogen (secondary N) is 1. The van der Waals surface area contributed by atoms with Crippen molar-refractivity contribution >= 4 is 23.9 Å². The lowest BCUT2D eigenvalue weighted by molar-refractivity contribution is -0.130. The van der Waals surface area contributed by atoms with Crippen LogP contribution in [0.3, 0.4) is 0 Å². The fourth-order valence-corrected chi connectivity index (χ4v) is 3.72. The average molecular weight is 415 g/mol. The van der Waals surface area contributed by atoms with Gasteiger partial charge in [-0.05, 0) is 49.2 Å². The number of carbonyl (C=O) groups is 3. The molecule has 7 nitrogen and oxygen atoms in total. The Balaban J connectivity index is 1.72. The molecule has 3 aromatic rings. The Morgan fingerprint density at radius 1 is 0.968 bits per heavy atom. The van der Waals surface area contributed by atoms with Gasteiger partial charge in [0.1, 0.15) is 11.3 Å². The van der Waals surface area contributed by atoms with Crippen molar-refractivity contribution in [2.45, 2.75) is 20.4 Å². The van der Waals surface area contributed by atoms with Gasteiger partial charge in [-0.15, -0.1) is 0 Å². The molecule has 0 saturated carbocycles. The third kappa shape index (κ3) is 3.73. The van der Waals surface area contributed by atoms with Gasteiger partial charge in [0.15, 0.2) is 0 Å². The van der Waals surface area contributed by atoms with Crippen LogP contribution in [0, 0.1) is 13.8 Å². The molecular formula is C24H21N3O4. The molecule has 1 fully saturated rings. The van der Waals surface area contributed by atoms with Crippen molar-refractivity contribution in [3.05, 3.63) is 88.8 Å². The van der Waals surface area contributed by atoms with E-state index >= 15 is 0 Å². The molecule has 0 atom stereocenters. The van der Waals surface area contributed by atoms with E-state index in [1.54, 1.807) is 30.3 Å². The first-order valence-corrected chi connectivity index (χ1v) is 9.77. The highest BCUT2D eigenvalue weighted by Crippen LogP contribution is 2.28. The standard InChI is InChI=1S/C24H21N3O4/c1-15-12-18(16(2)27(15)20-10-6-7-11-21(20)28)13-19-22(29)25-24(31)26(23(19)30)14-17-8-4-3-5-9-17/h3-13,28H,14H2,1-2H3,(H,25,29,31). The number of nitrogens with zero attached hydrogens (tertiary/aromatic N) is 2. The molecule has 4 rings (SSSR count). The van der Waals surface area contributed by atoms with Crippen molar-refractivity contribution in [3.8, 4) is 11.4 Å². The first-order valence-electron chi connectivity index (χ1n) is 9.77. The molecule has 1 aromatic heterocycles. The predicted octanol–water partition coefficient (Wildman–Crippen LogP) is 3.46. The lowest BCUT2D eigenvalue weighted by atomic mass is 10.1. The second-order valence-corrected chi connectivity index (χ2v) is 7.34. The van der Waals surface area contributed by atoms with E-state index in [2.05, 4.69) is 5.32 Å². The number of carbonyl (C=O) groups excluding carboxylic acids is 3. The van der Waals surface area contributed by atoms with Gasteiger partial charge in [0.2, 0.25) is 0 Å². The van der Waals surface area contributed by atoms with Gasteiger partial charge >= 0.3 is 6.03 Å². The number of para-hydroxylation sites is 2. The summed E-state index contributed by atoms with van der Waals surface area (Å²) < 4.78 is 1.85. The number of aromatic nitrogens is 1. The summed E-state index contributed by atoms with van der Waals surface area (Å²) in [6, 6.07) is 17.1. The minimum atomic E-state index is -0.740. The first-order chi connectivity index (χ1) is 14.9. The normalized spacial score (nSPS) is 15.5. The Morgan fingerprint density at radius 2 is 1.65 bits per heavy atom. The maximum Gasteiger partial charge on any atom is 0.331 e. The Hall–Kier alpha value is -4.13. The number of rotatable bonds is 4. The molecule has 2 aromatic carbocycles. The van der Waals surface area contributed by atoms with Crippen molar-refractivity contribution in [2.75, 3.05) is 0 Å². The van der Waals surface area contributed by atoms with Gasteiger partial charge < -0.3 is 9.67 Å². The number of phenolic OH excluding ortho intramolecular Hbond substituents is 1. The molecule has 1 aliphatic heterocycles. The van der Waals surface area contributed by atoms with E-state index < -0.39 is 17.8 Å². The summed E-state index contributed by atoms with van der Waals surface area (Å²) in [5.41, 5.74) is 3.48. The van der Waals surface area contributed by atoms with Crippen LogP contribution >= 0.6 is 0 Å². The molecule has 1 saturated heterocycles. The minimum absolute atomic E-state index is 0.0625. The summed E-state index contributed by atoms with van der Waals surface area (Å²) in [6.07, 6.45) is 1.49. The molecule has 156 valence electrons. The van der Waals surface area contributed by atoms with E-state index in [0.717, 1.165) is 21.9 Å². The lowest BCUT2D eigenvalue weighted by Crippen LogP contribution is -2.53. The third-order valence-electron chi connectivity index (χ3n) is 5.26. The average Bonchev–Trinajstić information content (AvgIpc) is 3.02. The molecule has 4 amide bonds. The second kappa shape index (κ2) is 7.95. The fraction of sp³-hybridized carbons (Fsp3) is 0.125. The van der Waals surface area contributed by atoms with Gasteiger partial charge in [0.05, 0.1) is 12.2 Å². The van der Waals surface area contributed by atoms with Gasteiger partial charge in [-0.2, -0.15) is 0 Å². The van der Waals surface area contributed by atoms with Gasteiger partial charge in [-0.3, -0.25) is 19.8 Å². The number of imide groups is 2. The molecule has 0 unspecified atom stereocenters. The van der Waals surface area contributed by atoms with E-state index in [0.29, 0.717) is 11.3 Å². The highest BCUT2D eigenvalue weighted by atomic mass is 16.3. The number of amides is 4. The Bertz CT molecular complexity index is 1220. The molecule has 31 heavy (non-hydrogen) atoms. The minimum Gasteiger partial charge on any atom is -0.506 e. The van der Waals surface area contributed by atoms with E-state index in [-0.39, 0.29) is 17.9 Å². The summed E-state index contributed by atoms with van der Waals surface area (Å²) >= 11 is 0. The van der Waals surface area contributed by atoms with Crippen LogP contribution in [0.25, 0.3) is 11.8 Å². The number of hydrogen-bond acceptors (Lipinski definition) is 4. The van der Waals surface area contributed by atoms with Crippen molar-refractivity contribution in [2.24, 2.45) is 0 Å². The molecule has 0 spiro atoms. The summed E-state index contributed by atoms with van der Waals surface area (Å²) in [5.74, 6) is -1.26. The molecule has 0 aliphatic carbocycles. The Kier molecular flexibility index (Phi) is 5.17. The lowest BCUT2D eigenvalue weighted by Gasteiger charge is -2.26. The van der Waals surface area contributed by atoms with Crippen LogP contribution in [0.15, 0.2) is 66.2 Å². The molecule has 7 heteroatoms. The van der Waals surface area contributed by atoms with E-state index in [1.165, 1.54) is 6.08 Å². The van der Waals surface area contributed by atoms with Crippen LogP contribution in [-0.4, -0.2) is 32.4 Å². The number of barbiturate groups is 1. The first kappa shape index (κ1) is 20.2. The zero-order chi connectivity index (χ0) is 22.1. The van der Waals surface area contributed by atoms with Gasteiger partial charge in [-0.1, -0.05) is 42.5 Å². The summed E-state index contributed by atoms with van der Waals surface area (Å²) in [7, 11) is 0. The van der Waals surface area contributed by atoms with Crippen LogP contribution in [0.5, 0.6) is 5.75 Å². The van der Waals surface area contributed by atoms with Crippen molar-refractivity contribution < 1.29 is 19.5 Å². The second-order valence-electron chi connectivity index (χ2n) is 7.34. The van der Waals surface area contributed by atoms with Gasteiger partial charge in [-0.25, -0.2) is 4.79 Å². The number of phenols is 1. The highest BCUT2D eigenvalue weighted by molar-refractivity contribution is 6.31. The molecule has 0 bridgehead atoms. The van der Waals surface area contributed by atoms with Crippen LogP contribution in [-0.2, 0) is 16.1 Å². The molecule has 1 aliphatic rings. The summed E-state index contributed by atoms with van der Waals surface area (Å²) in [5, 5.41) is 12.5. The molecule has 0 radical (unpaired) electrons. The zero-order valence-electron chi connectivity index (χ0n) is 17.1. The number of hydrogen-bond donors (Lipinski definition) is 2.